The fourth-order valence-corrected chi connectivity index (χ4v) is 2.93. The number of nitrogens with zero attached hydrogens (tertiary/aromatic N) is 3. The predicted molar refractivity (Wildman–Crippen MR) is 74.5 cm³/mol. The number of thioether (sulfide) groups is 1. The Morgan fingerprint density at radius 1 is 1.47 bits per heavy atom. The lowest BCUT2D eigenvalue weighted by Gasteiger charge is -2.11. The lowest BCUT2D eigenvalue weighted by atomic mass is 10.1. The second-order valence-corrected chi connectivity index (χ2v) is 5.90. The lowest BCUT2D eigenvalue weighted by molar-refractivity contribution is -0.133. The minimum Gasteiger partial charge on any atom is -0.481 e. The summed E-state index contributed by atoms with van der Waals surface area (Å²) in [6, 6.07) is 3.95. The minimum absolute atomic E-state index is 0.00542. The van der Waals surface area contributed by atoms with Crippen LogP contribution in [-0.2, 0) is 4.79 Å². The van der Waals surface area contributed by atoms with E-state index in [1.807, 2.05) is 19.1 Å². The molecule has 1 unspecified atom stereocenters. The summed E-state index contributed by atoms with van der Waals surface area (Å²) < 4.78 is 0.645. The van der Waals surface area contributed by atoms with Crippen LogP contribution in [0.3, 0.4) is 0 Å². The van der Waals surface area contributed by atoms with Gasteiger partial charge in [-0.1, -0.05) is 23.1 Å². The lowest BCUT2D eigenvalue weighted by Crippen LogP contribution is -2.06. The summed E-state index contributed by atoms with van der Waals surface area (Å²) in [4.78, 5) is 14.4. The SMILES string of the molecule is CC(Nc1nnc(SCC(=O)O)s1)c1ccncc1. The molecule has 2 aromatic heterocycles. The molecule has 0 aliphatic heterocycles. The average Bonchev–Trinajstić information content (AvgIpc) is 2.85. The number of hydrogen-bond acceptors (Lipinski definition) is 7. The van der Waals surface area contributed by atoms with Gasteiger partial charge in [-0.05, 0) is 24.6 Å². The molecule has 0 aliphatic rings. The van der Waals surface area contributed by atoms with Gasteiger partial charge in [0.15, 0.2) is 4.34 Å². The molecule has 1 atom stereocenters. The van der Waals surface area contributed by atoms with Crippen LogP contribution in [0.5, 0.6) is 0 Å². The van der Waals surface area contributed by atoms with Crippen molar-refractivity contribution in [2.45, 2.75) is 17.3 Å². The third kappa shape index (κ3) is 4.18. The molecule has 0 saturated carbocycles. The molecular weight excluding hydrogens is 284 g/mol. The number of aliphatic carboxylic acids is 1. The molecule has 0 fully saturated rings. The first-order valence-electron chi connectivity index (χ1n) is 5.49. The van der Waals surface area contributed by atoms with Crippen LogP contribution in [-0.4, -0.2) is 32.0 Å². The van der Waals surface area contributed by atoms with Crippen molar-refractivity contribution in [3.05, 3.63) is 30.1 Å². The molecule has 8 heteroatoms. The van der Waals surface area contributed by atoms with Crippen LogP contribution in [0.4, 0.5) is 5.13 Å². The fourth-order valence-electron chi connectivity index (χ4n) is 1.37. The molecule has 0 radical (unpaired) electrons. The van der Waals surface area contributed by atoms with E-state index in [9.17, 15) is 4.79 Å². The monoisotopic (exact) mass is 296 g/mol. The maximum Gasteiger partial charge on any atom is 0.313 e. The number of carbonyl (C=O) groups is 1. The zero-order valence-corrected chi connectivity index (χ0v) is 11.7. The second-order valence-electron chi connectivity index (χ2n) is 3.70. The standard InChI is InChI=1S/C11H12N4O2S2/c1-7(8-2-4-12-5-3-8)13-10-14-15-11(19-10)18-6-9(16)17/h2-5,7H,6H2,1H3,(H,13,14)(H,16,17). The van der Waals surface area contributed by atoms with Gasteiger partial charge in [0.05, 0.1) is 11.8 Å². The quantitative estimate of drug-likeness (QED) is 0.790. The van der Waals surface area contributed by atoms with Crippen LogP contribution in [0.25, 0.3) is 0 Å². The largest absolute Gasteiger partial charge is 0.481 e. The van der Waals surface area contributed by atoms with Crippen molar-refractivity contribution in [1.82, 2.24) is 15.2 Å². The summed E-state index contributed by atoms with van der Waals surface area (Å²) in [7, 11) is 0. The van der Waals surface area contributed by atoms with Crippen LogP contribution in [0.15, 0.2) is 28.9 Å². The van der Waals surface area contributed by atoms with Crippen LogP contribution in [0, 0.1) is 0 Å². The Morgan fingerprint density at radius 3 is 2.89 bits per heavy atom. The van der Waals surface area contributed by atoms with Crippen molar-refractivity contribution in [3.8, 4) is 0 Å². The van der Waals surface area contributed by atoms with Gasteiger partial charge in [-0.15, -0.1) is 10.2 Å². The normalized spacial score (nSPS) is 12.1. The molecule has 2 rings (SSSR count). The Balaban J connectivity index is 1.94. The van der Waals surface area contributed by atoms with Gasteiger partial charge in [0, 0.05) is 12.4 Å². The van der Waals surface area contributed by atoms with Gasteiger partial charge >= 0.3 is 5.97 Å². The predicted octanol–water partition coefficient (Wildman–Crippen LogP) is 2.28. The molecule has 6 nitrogen and oxygen atoms in total. The van der Waals surface area contributed by atoms with Crippen LogP contribution >= 0.6 is 23.1 Å². The first kappa shape index (κ1) is 13.8. The molecule has 0 aromatic carbocycles. The molecule has 2 heterocycles. The molecule has 2 N–H and O–H groups in total. The van der Waals surface area contributed by atoms with Crippen molar-refractivity contribution >= 4 is 34.2 Å². The number of anilines is 1. The maximum absolute atomic E-state index is 10.5. The van der Waals surface area contributed by atoms with Crippen molar-refractivity contribution in [3.63, 3.8) is 0 Å². The van der Waals surface area contributed by atoms with Gasteiger partial charge in [-0.3, -0.25) is 9.78 Å². The van der Waals surface area contributed by atoms with E-state index in [-0.39, 0.29) is 11.8 Å². The highest BCUT2D eigenvalue weighted by atomic mass is 32.2. The van der Waals surface area contributed by atoms with Gasteiger partial charge in [0.25, 0.3) is 0 Å². The zero-order chi connectivity index (χ0) is 13.7. The number of aromatic nitrogens is 3. The maximum atomic E-state index is 10.5. The van der Waals surface area contributed by atoms with E-state index in [0.29, 0.717) is 9.47 Å². The smallest absolute Gasteiger partial charge is 0.313 e. The van der Waals surface area contributed by atoms with E-state index in [2.05, 4.69) is 20.5 Å². The Hall–Kier alpha value is -1.67. The summed E-state index contributed by atoms with van der Waals surface area (Å²) in [6.07, 6.45) is 3.48. The number of nitrogens with one attached hydrogen (secondary N) is 1. The summed E-state index contributed by atoms with van der Waals surface area (Å²) in [5, 5.41) is 20.4. The van der Waals surface area contributed by atoms with Crippen molar-refractivity contribution in [1.29, 1.82) is 0 Å². The Kier molecular flexibility index (Phi) is 4.69. The third-order valence-electron chi connectivity index (χ3n) is 2.27. The highest BCUT2D eigenvalue weighted by Gasteiger charge is 2.10. The van der Waals surface area contributed by atoms with Gasteiger partial charge in [0.1, 0.15) is 0 Å². The summed E-state index contributed by atoms with van der Waals surface area (Å²) in [6.45, 7) is 2.01. The molecule has 0 saturated heterocycles. The topological polar surface area (TPSA) is 88.0 Å². The van der Waals surface area contributed by atoms with E-state index < -0.39 is 5.97 Å². The Labute approximate surface area is 118 Å². The van der Waals surface area contributed by atoms with Crippen molar-refractivity contribution in [2.75, 3.05) is 11.1 Å². The molecule has 0 bridgehead atoms. The first-order chi connectivity index (χ1) is 9.15. The highest BCUT2D eigenvalue weighted by molar-refractivity contribution is 8.01. The molecular formula is C11H12N4O2S2. The number of carboxylic acids is 1. The highest BCUT2D eigenvalue weighted by Crippen LogP contribution is 2.27. The van der Waals surface area contributed by atoms with E-state index in [0.717, 1.165) is 5.56 Å². The summed E-state index contributed by atoms with van der Waals surface area (Å²) in [5.74, 6) is -0.867. The average molecular weight is 296 g/mol. The van der Waals surface area contributed by atoms with Gasteiger partial charge in [-0.25, -0.2) is 0 Å². The van der Waals surface area contributed by atoms with Crippen LogP contribution < -0.4 is 5.32 Å². The van der Waals surface area contributed by atoms with Crippen LogP contribution in [0.2, 0.25) is 0 Å². The number of carboxylic acid groups (broad SMARTS) is 1. The summed E-state index contributed by atoms with van der Waals surface area (Å²) >= 11 is 2.52. The number of rotatable bonds is 6. The van der Waals surface area contributed by atoms with E-state index in [1.165, 1.54) is 23.1 Å². The van der Waals surface area contributed by atoms with Gasteiger partial charge in [0.2, 0.25) is 5.13 Å². The molecule has 2 aromatic rings. The fraction of sp³-hybridized carbons (Fsp3) is 0.273. The van der Waals surface area contributed by atoms with Gasteiger partial charge < -0.3 is 10.4 Å². The second kappa shape index (κ2) is 6.48. The number of hydrogen-bond donors (Lipinski definition) is 2. The minimum atomic E-state index is -0.861. The Morgan fingerprint density at radius 2 is 2.21 bits per heavy atom. The molecule has 100 valence electrons. The first-order valence-corrected chi connectivity index (χ1v) is 7.30. The molecule has 0 amide bonds. The van der Waals surface area contributed by atoms with E-state index in [1.54, 1.807) is 12.4 Å². The zero-order valence-electron chi connectivity index (χ0n) is 10.1. The van der Waals surface area contributed by atoms with Crippen molar-refractivity contribution < 1.29 is 9.90 Å². The van der Waals surface area contributed by atoms with E-state index >= 15 is 0 Å². The molecule has 0 spiro atoms. The third-order valence-corrected chi connectivity index (χ3v) is 4.24. The number of pyridine rings is 1. The molecule has 19 heavy (non-hydrogen) atoms. The van der Waals surface area contributed by atoms with Gasteiger partial charge in [-0.2, -0.15) is 0 Å². The Bertz CT molecular complexity index is 547. The van der Waals surface area contributed by atoms with Crippen molar-refractivity contribution in [2.24, 2.45) is 0 Å². The molecule has 0 aliphatic carbocycles. The summed E-state index contributed by atoms with van der Waals surface area (Å²) in [5.41, 5.74) is 1.10. The van der Waals surface area contributed by atoms with Crippen LogP contribution in [0.1, 0.15) is 18.5 Å². The van der Waals surface area contributed by atoms with E-state index in [4.69, 9.17) is 5.11 Å².